The summed E-state index contributed by atoms with van der Waals surface area (Å²) in [5.41, 5.74) is 1.77. The molecule has 1 aromatic heterocycles. The lowest BCUT2D eigenvalue weighted by Crippen LogP contribution is -2.31. The highest BCUT2D eigenvalue weighted by molar-refractivity contribution is 7.93. The summed E-state index contributed by atoms with van der Waals surface area (Å²) < 4.78 is 32.5. The number of anilines is 1. The molecule has 1 aromatic carbocycles. The van der Waals surface area contributed by atoms with Gasteiger partial charge in [0.15, 0.2) is 0 Å². The Bertz CT molecular complexity index is 1010. The van der Waals surface area contributed by atoms with Crippen molar-refractivity contribution in [3.8, 4) is 11.5 Å². The van der Waals surface area contributed by atoms with Crippen LogP contribution in [0, 0.1) is 12.8 Å². The molecule has 0 radical (unpaired) electrons. The topological polar surface area (TPSA) is 101 Å². The number of allylic oxidation sites excluding steroid dienone is 2. The van der Waals surface area contributed by atoms with Crippen LogP contribution in [0.4, 0.5) is 5.69 Å². The molecule has 2 aromatic rings. The summed E-state index contributed by atoms with van der Waals surface area (Å²) in [6, 6.07) is 6.90. The largest absolute Gasteiger partial charge is 0.441 e. The zero-order valence-electron chi connectivity index (χ0n) is 16.9. The van der Waals surface area contributed by atoms with E-state index in [1.54, 1.807) is 45.0 Å². The molecule has 1 atom stereocenters. The van der Waals surface area contributed by atoms with E-state index in [2.05, 4.69) is 21.1 Å². The van der Waals surface area contributed by atoms with Crippen LogP contribution in [0.1, 0.15) is 44.6 Å². The molecule has 7 nitrogen and oxygen atoms in total. The van der Waals surface area contributed by atoms with Crippen LogP contribution >= 0.6 is 0 Å². The summed E-state index contributed by atoms with van der Waals surface area (Å²) >= 11 is 0. The van der Waals surface area contributed by atoms with Gasteiger partial charge >= 0.3 is 0 Å². The van der Waals surface area contributed by atoms with Crippen molar-refractivity contribution in [3.63, 3.8) is 0 Å². The molecule has 0 bridgehead atoms. The van der Waals surface area contributed by atoms with Gasteiger partial charge in [0, 0.05) is 17.2 Å². The van der Waals surface area contributed by atoms with Gasteiger partial charge in [0.2, 0.25) is 21.8 Å². The van der Waals surface area contributed by atoms with Crippen LogP contribution in [0.3, 0.4) is 0 Å². The molecule has 156 valence electrons. The molecule has 1 amide bonds. The zero-order valence-corrected chi connectivity index (χ0v) is 17.8. The van der Waals surface area contributed by atoms with E-state index in [4.69, 9.17) is 4.42 Å². The van der Waals surface area contributed by atoms with Crippen molar-refractivity contribution >= 4 is 21.6 Å². The second-order valence-electron chi connectivity index (χ2n) is 7.50. The molecule has 8 heteroatoms. The predicted octanol–water partition coefficient (Wildman–Crippen LogP) is 3.77. The van der Waals surface area contributed by atoms with Gasteiger partial charge in [-0.1, -0.05) is 18.2 Å². The highest BCUT2D eigenvalue weighted by atomic mass is 32.2. The number of nitrogens with one attached hydrogen (secondary N) is 2. The van der Waals surface area contributed by atoms with Crippen LogP contribution < -0.4 is 10.0 Å². The van der Waals surface area contributed by atoms with Crippen LogP contribution in [0.5, 0.6) is 0 Å². The second-order valence-corrected chi connectivity index (χ2v) is 9.73. The SMILES string of the molecule is Cc1oc(-c2cccc(NS(=O)(=O)C(C)C)c2)nc1CNC(=O)[C@@H]1CC=CCC1. The van der Waals surface area contributed by atoms with Crippen LogP contribution in [-0.2, 0) is 21.4 Å². The summed E-state index contributed by atoms with van der Waals surface area (Å²) in [6.07, 6.45) is 6.72. The monoisotopic (exact) mass is 417 g/mol. The first-order valence-electron chi connectivity index (χ1n) is 9.77. The van der Waals surface area contributed by atoms with Crippen molar-refractivity contribution in [3.05, 3.63) is 47.9 Å². The van der Waals surface area contributed by atoms with Gasteiger partial charge in [-0.3, -0.25) is 9.52 Å². The number of aryl methyl sites for hydroxylation is 1. The number of amides is 1. The van der Waals surface area contributed by atoms with Gasteiger partial charge in [-0.15, -0.1) is 0 Å². The lowest BCUT2D eigenvalue weighted by atomic mass is 9.94. The average molecular weight is 418 g/mol. The summed E-state index contributed by atoms with van der Waals surface area (Å²) in [4.78, 5) is 16.8. The van der Waals surface area contributed by atoms with Crippen LogP contribution in [0.15, 0.2) is 40.8 Å². The average Bonchev–Trinajstić information content (AvgIpc) is 3.07. The van der Waals surface area contributed by atoms with Gasteiger partial charge in [-0.2, -0.15) is 0 Å². The van der Waals surface area contributed by atoms with Crippen molar-refractivity contribution in [1.29, 1.82) is 0 Å². The first kappa shape index (κ1) is 21.1. The number of hydrogen-bond donors (Lipinski definition) is 2. The van der Waals surface area contributed by atoms with E-state index >= 15 is 0 Å². The van der Waals surface area contributed by atoms with Crippen LogP contribution in [0.2, 0.25) is 0 Å². The number of carbonyl (C=O) groups excluding carboxylic acids is 1. The van der Waals surface area contributed by atoms with Gasteiger partial charge in [0.1, 0.15) is 11.5 Å². The Labute approximate surface area is 171 Å². The third kappa shape index (κ3) is 5.26. The van der Waals surface area contributed by atoms with E-state index in [1.807, 2.05) is 6.08 Å². The molecule has 0 spiro atoms. The molecule has 1 heterocycles. The van der Waals surface area contributed by atoms with Crippen molar-refractivity contribution in [2.45, 2.75) is 51.8 Å². The summed E-state index contributed by atoms with van der Waals surface area (Å²) in [5, 5.41) is 2.41. The molecule has 2 N–H and O–H groups in total. The third-order valence-corrected chi connectivity index (χ3v) is 6.71. The minimum atomic E-state index is -3.44. The Hall–Kier alpha value is -2.61. The normalized spacial score (nSPS) is 16.8. The van der Waals surface area contributed by atoms with Crippen molar-refractivity contribution in [1.82, 2.24) is 10.3 Å². The maximum atomic E-state index is 12.3. The fourth-order valence-corrected chi connectivity index (χ4v) is 3.75. The third-order valence-electron chi connectivity index (χ3n) is 4.95. The predicted molar refractivity (Wildman–Crippen MR) is 113 cm³/mol. The maximum Gasteiger partial charge on any atom is 0.235 e. The highest BCUT2D eigenvalue weighted by Gasteiger charge is 2.20. The number of sulfonamides is 1. The summed E-state index contributed by atoms with van der Waals surface area (Å²) in [5.74, 6) is 1.05. The molecule has 0 fully saturated rings. The fourth-order valence-electron chi connectivity index (χ4n) is 3.06. The Balaban J connectivity index is 1.70. The lowest BCUT2D eigenvalue weighted by molar-refractivity contribution is -0.125. The van der Waals surface area contributed by atoms with Gasteiger partial charge in [-0.05, 0) is 58.2 Å². The first-order chi connectivity index (χ1) is 13.8. The number of carbonyl (C=O) groups is 1. The molecular formula is C21H27N3O4S. The number of benzene rings is 1. The van der Waals surface area contributed by atoms with E-state index in [0.717, 1.165) is 19.3 Å². The van der Waals surface area contributed by atoms with Crippen LogP contribution in [0.25, 0.3) is 11.5 Å². The number of aromatic nitrogens is 1. The minimum absolute atomic E-state index is 0.0114. The van der Waals surface area contributed by atoms with Gasteiger partial charge < -0.3 is 9.73 Å². The second kappa shape index (κ2) is 8.82. The van der Waals surface area contributed by atoms with E-state index in [0.29, 0.717) is 35.1 Å². The zero-order chi connectivity index (χ0) is 21.0. The molecule has 0 aliphatic heterocycles. The van der Waals surface area contributed by atoms with Crippen molar-refractivity contribution < 1.29 is 17.6 Å². The first-order valence-corrected chi connectivity index (χ1v) is 11.3. The highest BCUT2D eigenvalue weighted by Crippen LogP contribution is 2.25. The lowest BCUT2D eigenvalue weighted by Gasteiger charge is -2.16. The van der Waals surface area contributed by atoms with E-state index < -0.39 is 15.3 Å². The van der Waals surface area contributed by atoms with Gasteiger partial charge in [0.05, 0.1) is 11.8 Å². The molecule has 1 aliphatic carbocycles. The van der Waals surface area contributed by atoms with E-state index in [1.165, 1.54) is 0 Å². The van der Waals surface area contributed by atoms with Gasteiger partial charge in [0.25, 0.3) is 0 Å². The molecule has 1 aliphatic rings. The van der Waals surface area contributed by atoms with E-state index in [9.17, 15) is 13.2 Å². The molecule has 0 saturated heterocycles. The Morgan fingerprint density at radius 2 is 2.10 bits per heavy atom. The quantitative estimate of drug-likeness (QED) is 0.668. The Morgan fingerprint density at radius 3 is 2.79 bits per heavy atom. The van der Waals surface area contributed by atoms with Crippen molar-refractivity contribution in [2.24, 2.45) is 5.92 Å². The van der Waals surface area contributed by atoms with Crippen LogP contribution in [-0.4, -0.2) is 24.6 Å². The van der Waals surface area contributed by atoms with Crippen molar-refractivity contribution in [2.75, 3.05) is 4.72 Å². The number of oxazole rings is 1. The Kier molecular flexibility index (Phi) is 6.42. The van der Waals surface area contributed by atoms with E-state index in [-0.39, 0.29) is 11.8 Å². The molecule has 0 saturated carbocycles. The standard InChI is InChI=1S/C21H27N3O4S/c1-14(2)29(26,27)24-18-11-7-10-17(12-18)21-23-19(15(3)28-21)13-22-20(25)16-8-5-4-6-9-16/h4-5,7,10-12,14,16,24H,6,8-9,13H2,1-3H3,(H,22,25)/t16-/m1/s1. The molecule has 29 heavy (non-hydrogen) atoms. The molecule has 0 unspecified atom stereocenters. The number of rotatable bonds is 7. The molecular weight excluding hydrogens is 390 g/mol. The molecule has 3 rings (SSSR count). The number of hydrogen-bond acceptors (Lipinski definition) is 5. The maximum absolute atomic E-state index is 12.3. The number of nitrogens with zero attached hydrogens (tertiary/aromatic N) is 1. The summed E-state index contributed by atoms with van der Waals surface area (Å²) in [7, 11) is -3.44. The summed E-state index contributed by atoms with van der Waals surface area (Å²) in [6.45, 7) is 5.34. The fraction of sp³-hybridized carbons (Fsp3) is 0.429. The Morgan fingerprint density at radius 1 is 1.31 bits per heavy atom. The van der Waals surface area contributed by atoms with Gasteiger partial charge in [-0.25, -0.2) is 13.4 Å². The smallest absolute Gasteiger partial charge is 0.235 e. The minimum Gasteiger partial charge on any atom is -0.441 e.